The number of nitrogens with two attached hydrogens (primary N) is 1. The van der Waals surface area contributed by atoms with Crippen molar-refractivity contribution >= 4 is 11.8 Å². The van der Waals surface area contributed by atoms with Gasteiger partial charge in [0.05, 0.1) is 0 Å². The summed E-state index contributed by atoms with van der Waals surface area (Å²) in [6, 6.07) is 7.91. The van der Waals surface area contributed by atoms with Gasteiger partial charge in [-0.05, 0) is 45.2 Å². The lowest BCUT2D eigenvalue weighted by Gasteiger charge is -2.34. The highest BCUT2D eigenvalue weighted by molar-refractivity contribution is 5.68. The molecule has 4 nitrogen and oxygen atoms in total. The van der Waals surface area contributed by atoms with Crippen LogP contribution in [0.2, 0.25) is 0 Å². The smallest absolute Gasteiger partial charge is 0.410 e. The number of para-hydroxylation sites is 1. The van der Waals surface area contributed by atoms with Crippen LogP contribution in [0.1, 0.15) is 45.1 Å². The van der Waals surface area contributed by atoms with Crippen LogP contribution in [0.4, 0.5) is 10.5 Å². The van der Waals surface area contributed by atoms with Crippen molar-refractivity contribution in [2.45, 2.75) is 45.1 Å². The Morgan fingerprint density at radius 3 is 2.70 bits per heavy atom. The Balaban J connectivity index is 2.06. The second kappa shape index (κ2) is 5.73. The number of anilines is 1. The third-order valence-electron chi connectivity index (χ3n) is 3.51. The van der Waals surface area contributed by atoms with Crippen LogP contribution in [-0.2, 0) is 4.74 Å². The van der Waals surface area contributed by atoms with Crippen LogP contribution in [0.5, 0.6) is 0 Å². The lowest BCUT2D eigenvalue weighted by molar-refractivity contribution is 0.0198. The summed E-state index contributed by atoms with van der Waals surface area (Å²) in [5, 5.41) is 0. The van der Waals surface area contributed by atoms with Crippen molar-refractivity contribution in [2.24, 2.45) is 0 Å². The number of ether oxygens (including phenoxy) is 1. The molecule has 110 valence electrons. The number of likely N-dealkylation sites (tertiary alicyclic amines) is 1. The Bertz CT molecular complexity index is 480. The number of amides is 1. The summed E-state index contributed by atoms with van der Waals surface area (Å²) < 4.78 is 5.45. The Labute approximate surface area is 120 Å². The fourth-order valence-electron chi connectivity index (χ4n) is 2.61. The normalized spacial score (nSPS) is 19.8. The van der Waals surface area contributed by atoms with Crippen molar-refractivity contribution < 1.29 is 9.53 Å². The number of benzene rings is 1. The van der Waals surface area contributed by atoms with E-state index in [1.165, 1.54) is 0 Å². The molecule has 0 aliphatic carbocycles. The first kappa shape index (κ1) is 14.7. The molecule has 1 saturated heterocycles. The summed E-state index contributed by atoms with van der Waals surface area (Å²) in [7, 11) is 0. The molecule has 0 bridgehead atoms. The predicted molar refractivity (Wildman–Crippen MR) is 80.6 cm³/mol. The zero-order valence-corrected chi connectivity index (χ0v) is 12.6. The van der Waals surface area contributed by atoms with Gasteiger partial charge < -0.3 is 15.4 Å². The molecule has 0 aromatic heterocycles. The van der Waals surface area contributed by atoms with Crippen LogP contribution < -0.4 is 5.73 Å². The predicted octanol–water partition coefficient (Wildman–Crippen LogP) is 3.38. The van der Waals surface area contributed by atoms with E-state index in [4.69, 9.17) is 10.5 Å². The maximum Gasteiger partial charge on any atom is 0.410 e. The van der Waals surface area contributed by atoms with Gasteiger partial charge in [0.1, 0.15) is 5.60 Å². The second-order valence-corrected chi connectivity index (χ2v) is 6.39. The van der Waals surface area contributed by atoms with Gasteiger partial charge in [-0.15, -0.1) is 0 Å². The Morgan fingerprint density at radius 1 is 1.35 bits per heavy atom. The summed E-state index contributed by atoms with van der Waals surface area (Å²) in [5.41, 5.74) is 7.54. The average molecular weight is 276 g/mol. The molecule has 1 aromatic carbocycles. The Kier molecular flexibility index (Phi) is 4.21. The largest absolute Gasteiger partial charge is 0.444 e. The van der Waals surface area contributed by atoms with E-state index in [-0.39, 0.29) is 6.09 Å². The van der Waals surface area contributed by atoms with Crippen LogP contribution in [0.25, 0.3) is 0 Å². The van der Waals surface area contributed by atoms with Gasteiger partial charge in [-0.3, -0.25) is 0 Å². The molecule has 1 aliphatic heterocycles. The Hall–Kier alpha value is -1.71. The first-order chi connectivity index (χ1) is 9.37. The maximum absolute atomic E-state index is 12.1. The third-order valence-corrected chi connectivity index (χ3v) is 3.51. The molecule has 1 heterocycles. The first-order valence-electron chi connectivity index (χ1n) is 7.19. The van der Waals surface area contributed by atoms with Crippen LogP contribution in [0.15, 0.2) is 24.3 Å². The van der Waals surface area contributed by atoms with Crippen molar-refractivity contribution in [1.82, 2.24) is 4.90 Å². The molecule has 1 atom stereocenters. The minimum atomic E-state index is -0.449. The third kappa shape index (κ3) is 3.65. The first-order valence-corrected chi connectivity index (χ1v) is 7.19. The van der Waals surface area contributed by atoms with Crippen molar-refractivity contribution in [1.29, 1.82) is 0 Å². The number of carbonyl (C=O) groups excluding carboxylic acids is 1. The number of hydrogen-bond donors (Lipinski definition) is 1. The van der Waals surface area contributed by atoms with E-state index in [0.29, 0.717) is 12.5 Å². The van der Waals surface area contributed by atoms with Crippen molar-refractivity contribution in [3.8, 4) is 0 Å². The zero-order chi connectivity index (χ0) is 14.8. The van der Waals surface area contributed by atoms with Gasteiger partial charge in [0.15, 0.2) is 0 Å². The molecule has 1 aliphatic rings. The number of hydrogen-bond acceptors (Lipinski definition) is 3. The van der Waals surface area contributed by atoms with Gasteiger partial charge in [0.2, 0.25) is 0 Å². The minimum absolute atomic E-state index is 0.225. The van der Waals surface area contributed by atoms with Crippen molar-refractivity contribution in [3.05, 3.63) is 29.8 Å². The van der Waals surface area contributed by atoms with Crippen molar-refractivity contribution in [2.75, 3.05) is 18.8 Å². The Morgan fingerprint density at radius 2 is 2.05 bits per heavy atom. The highest BCUT2D eigenvalue weighted by Crippen LogP contribution is 2.31. The topological polar surface area (TPSA) is 55.6 Å². The van der Waals surface area contributed by atoms with E-state index in [1.54, 1.807) is 4.90 Å². The van der Waals surface area contributed by atoms with Gasteiger partial charge >= 0.3 is 6.09 Å². The molecule has 2 rings (SSSR count). The van der Waals surface area contributed by atoms with Gasteiger partial charge in [0, 0.05) is 24.7 Å². The van der Waals surface area contributed by atoms with Crippen LogP contribution >= 0.6 is 0 Å². The van der Waals surface area contributed by atoms with E-state index < -0.39 is 5.60 Å². The lowest BCUT2D eigenvalue weighted by Crippen LogP contribution is -2.42. The number of nitrogen functional groups attached to an aromatic ring is 1. The summed E-state index contributed by atoms with van der Waals surface area (Å²) in [6.45, 7) is 7.12. The summed E-state index contributed by atoms with van der Waals surface area (Å²) in [5.74, 6) is 0.303. The van der Waals surface area contributed by atoms with Crippen LogP contribution in [-0.4, -0.2) is 29.7 Å². The molecule has 1 aromatic rings. The summed E-state index contributed by atoms with van der Waals surface area (Å²) in [4.78, 5) is 13.9. The SMILES string of the molecule is CC(C)(C)OC(=O)N1CCCC(c2ccccc2N)C1. The van der Waals surface area contributed by atoms with Crippen molar-refractivity contribution in [3.63, 3.8) is 0 Å². The lowest BCUT2D eigenvalue weighted by atomic mass is 9.90. The van der Waals surface area contributed by atoms with Gasteiger partial charge in [-0.2, -0.15) is 0 Å². The van der Waals surface area contributed by atoms with Gasteiger partial charge in [-0.1, -0.05) is 18.2 Å². The maximum atomic E-state index is 12.1. The highest BCUT2D eigenvalue weighted by Gasteiger charge is 2.28. The minimum Gasteiger partial charge on any atom is -0.444 e. The molecule has 1 amide bonds. The van der Waals surface area contributed by atoms with E-state index in [9.17, 15) is 4.79 Å². The quantitative estimate of drug-likeness (QED) is 0.800. The van der Waals surface area contributed by atoms with Crippen LogP contribution in [0, 0.1) is 0 Å². The molecule has 0 spiro atoms. The molecule has 4 heteroatoms. The van der Waals surface area contributed by atoms with E-state index in [2.05, 4.69) is 6.07 Å². The molecule has 20 heavy (non-hydrogen) atoms. The van der Waals surface area contributed by atoms with E-state index >= 15 is 0 Å². The molecular formula is C16H24N2O2. The summed E-state index contributed by atoms with van der Waals surface area (Å²) in [6.07, 6.45) is 1.82. The molecule has 2 N–H and O–H groups in total. The highest BCUT2D eigenvalue weighted by atomic mass is 16.6. The molecule has 1 unspecified atom stereocenters. The standard InChI is InChI=1S/C16H24N2O2/c1-16(2,3)20-15(19)18-10-6-7-12(11-18)13-8-4-5-9-14(13)17/h4-5,8-9,12H,6-7,10-11,17H2,1-3H3. The zero-order valence-electron chi connectivity index (χ0n) is 12.6. The fourth-order valence-corrected chi connectivity index (χ4v) is 2.61. The molecule has 0 saturated carbocycles. The van der Waals surface area contributed by atoms with E-state index in [0.717, 1.165) is 30.6 Å². The fraction of sp³-hybridized carbons (Fsp3) is 0.562. The number of rotatable bonds is 1. The molecule has 1 fully saturated rings. The number of nitrogens with zero attached hydrogens (tertiary/aromatic N) is 1. The monoisotopic (exact) mass is 276 g/mol. The number of carbonyl (C=O) groups is 1. The molecule has 0 radical (unpaired) electrons. The molecular weight excluding hydrogens is 252 g/mol. The summed E-state index contributed by atoms with van der Waals surface area (Å²) >= 11 is 0. The number of piperidine rings is 1. The van der Waals surface area contributed by atoms with Crippen LogP contribution in [0.3, 0.4) is 0 Å². The van der Waals surface area contributed by atoms with E-state index in [1.807, 2.05) is 39.0 Å². The average Bonchev–Trinajstić information content (AvgIpc) is 2.37. The van der Waals surface area contributed by atoms with Gasteiger partial charge in [0.25, 0.3) is 0 Å². The van der Waals surface area contributed by atoms with Gasteiger partial charge in [-0.25, -0.2) is 4.79 Å². The second-order valence-electron chi connectivity index (χ2n) is 6.39.